The lowest BCUT2D eigenvalue weighted by molar-refractivity contribution is -0.127. The van der Waals surface area contributed by atoms with E-state index >= 15 is 0 Å². The van der Waals surface area contributed by atoms with Gasteiger partial charge in [0.1, 0.15) is 11.6 Å². The zero-order chi connectivity index (χ0) is 13.9. The smallest absolute Gasteiger partial charge is 0.144 e. The maximum absolute atomic E-state index is 13.7. The first kappa shape index (κ1) is 14.7. The summed E-state index contributed by atoms with van der Waals surface area (Å²) in [7, 11) is 0. The van der Waals surface area contributed by atoms with Gasteiger partial charge in [-0.05, 0) is 43.1 Å². The van der Waals surface area contributed by atoms with Crippen LogP contribution in [0.15, 0.2) is 22.7 Å². The van der Waals surface area contributed by atoms with Gasteiger partial charge in [-0.3, -0.25) is 4.79 Å². The lowest BCUT2D eigenvalue weighted by Gasteiger charge is -2.26. The normalized spacial score (nSPS) is 22.7. The van der Waals surface area contributed by atoms with Crippen LogP contribution in [0, 0.1) is 11.2 Å². The van der Waals surface area contributed by atoms with Gasteiger partial charge >= 0.3 is 0 Å². The number of halogens is 2. The number of rotatable bonds is 5. The molecule has 1 aromatic rings. The van der Waals surface area contributed by atoms with Crippen LogP contribution < -0.4 is 5.32 Å². The van der Waals surface area contributed by atoms with E-state index in [1.54, 1.807) is 12.1 Å². The van der Waals surface area contributed by atoms with Crippen LogP contribution in [0.25, 0.3) is 0 Å². The van der Waals surface area contributed by atoms with E-state index in [1.807, 2.05) is 0 Å². The molecule has 0 radical (unpaired) electrons. The topological polar surface area (TPSA) is 29.1 Å². The van der Waals surface area contributed by atoms with Crippen molar-refractivity contribution in [3.8, 4) is 0 Å². The van der Waals surface area contributed by atoms with Gasteiger partial charge in [-0.2, -0.15) is 0 Å². The zero-order valence-corrected chi connectivity index (χ0v) is 12.7. The molecule has 4 heteroatoms. The number of carbonyl (C=O) groups is 1. The fourth-order valence-corrected chi connectivity index (χ4v) is 3.26. The molecule has 1 aliphatic heterocycles. The summed E-state index contributed by atoms with van der Waals surface area (Å²) in [5, 5.41) is 3.27. The SMILES string of the molecule is CCCC1(C(=O)Cc2cc(Br)ccc2F)CCNC1. The van der Waals surface area contributed by atoms with Crippen LogP contribution in [0.3, 0.4) is 0 Å². The maximum atomic E-state index is 13.7. The summed E-state index contributed by atoms with van der Waals surface area (Å²) in [6.45, 7) is 3.70. The lowest BCUT2D eigenvalue weighted by Crippen LogP contribution is -2.34. The molecule has 2 rings (SSSR count). The van der Waals surface area contributed by atoms with Crippen molar-refractivity contribution in [1.29, 1.82) is 0 Å². The van der Waals surface area contributed by atoms with E-state index in [0.717, 1.165) is 36.8 Å². The number of carbonyl (C=O) groups excluding carboxylic acids is 1. The summed E-state index contributed by atoms with van der Waals surface area (Å²) in [5.74, 6) is -0.134. The first-order valence-electron chi connectivity index (χ1n) is 6.75. The third kappa shape index (κ3) is 3.23. The number of Topliss-reactive ketones (excluding diaryl/α,β-unsaturated/α-hetero) is 1. The van der Waals surface area contributed by atoms with Crippen LogP contribution in [-0.2, 0) is 11.2 Å². The minimum Gasteiger partial charge on any atom is -0.316 e. The van der Waals surface area contributed by atoms with Gasteiger partial charge in [0.25, 0.3) is 0 Å². The fraction of sp³-hybridized carbons (Fsp3) is 0.533. The van der Waals surface area contributed by atoms with Crippen molar-refractivity contribution in [3.05, 3.63) is 34.1 Å². The largest absolute Gasteiger partial charge is 0.316 e. The van der Waals surface area contributed by atoms with Gasteiger partial charge in [0.2, 0.25) is 0 Å². The summed E-state index contributed by atoms with van der Waals surface area (Å²) in [6, 6.07) is 4.77. The quantitative estimate of drug-likeness (QED) is 0.897. The molecule has 0 saturated carbocycles. The number of nitrogens with one attached hydrogen (secondary N) is 1. The molecule has 1 N–H and O–H groups in total. The van der Waals surface area contributed by atoms with Gasteiger partial charge in [0.05, 0.1) is 0 Å². The highest BCUT2D eigenvalue weighted by molar-refractivity contribution is 9.10. The molecule has 0 aliphatic carbocycles. The summed E-state index contributed by atoms with van der Waals surface area (Å²) < 4.78 is 14.5. The Morgan fingerprint density at radius 2 is 2.32 bits per heavy atom. The van der Waals surface area contributed by atoms with E-state index in [1.165, 1.54) is 6.07 Å². The molecule has 1 unspecified atom stereocenters. The molecule has 1 fully saturated rings. The highest BCUT2D eigenvalue weighted by Crippen LogP contribution is 2.33. The average molecular weight is 328 g/mol. The molecule has 104 valence electrons. The molecule has 0 aromatic heterocycles. The van der Waals surface area contributed by atoms with E-state index < -0.39 is 0 Å². The van der Waals surface area contributed by atoms with Crippen molar-refractivity contribution in [2.75, 3.05) is 13.1 Å². The zero-order valence-electron chi connectivity index (χ0n) is 11.1. The highest BCUT2D eigenvalue weighted by atomic mass is 79.9. The third-order valence-electron chi connectivity index (χ3n) is 3.92. The van der Waals surface area contributed by atoms with Gasteiger partial charge in [-0.25, -0.2) is 4.39 Å². The standard InChI is InChI=1S/C15H19BrFNO/c1-2-5-15(6-7-18-10-15)14(19)9-11-8-12(16)3-4-13(11)17/h3-4,8,18H,2,5-7,9-10H2,1H3. The molecule has 2 nitrogen and oxygen atoms in total. The van der Waals surface area contributed by atoms with Gasteiger partial charge in [-0.1, -0.05) is 29.3 Å². The van der Waals surface area contributed by atoms with E-state index in [9.17, 15) is 9.18 Å². The molecule has 0 spiro atoms. The first-order valence-corrected chi connectivity index (χ1v) is 7.55. The van der Waals surface area contributed by atoms with Crippen molar-refractivity contribution in [2.45, 2.75) is 32.6 Å². The minimum atomic E-state index is -0.297. The van der Waals surface area contributed by atoms with Crippen molar-refractivity contribution >= 4 is 21.7 Å². The number of hydrogen-bond acceptors (Lipinski definition) is 2. The molecule has 1 heterocycles. The summed E-state index contributed by atoms with van der Waals surface area (Å²) in [5.41, 5.74) is 0.200. The summed E-state index contributed by atoms with van der Waals surface area (Å²) >= 11 is 3.32. The predicted molar refractivity (Wildman–Crippen MR) is 77.6 cm³/mol. The number of benzene rings is 1. The van der Waals surface area contributed by atoms with Crippen molar-refractivity contribution in [3.63, 3.8) is 0 Å². The molecular weight excluding hydrogens is 309 g/mol. The molecule has 0 amide bonds. The highest BCUT2D eigenvalue weighted by Gasteiger charge is 2.39. The Kier molecular flexibility index (Phi) is 4.74. The molecular formula is C15H19BrFNO. The maximum Gasteiger partial charge on any atom is 0.144 e. The molecule has 19 heavy (non-hydrogen) atoms. The van der Waals surface area contributed by atoms with Crippen LogP contribution in [0.5, 0.6) is 0 Å². The average Bonchev–Trinajstić information content (AvgIpc) is 2.84. The van der Waals surface area contributed by atoms with E-state index in [4.69, 9.17) is 0 Å². The minimum absolute atomic E-state index is 0.163. The van der Waals surface area contributed by atoms with Crippen molar-refractivity contribution in [1.82, 2.24) is 5.32 Å². The van der Waals surface area contributed by atoms with Gasteiger partial charge in [0.15, 0.2) is 0 Å². The molecule has 1 atom stereocenters. The Labute approximate surface area is 121 Å². The van der Waals surface area contributed by atoms with Crippen molar-refractivity contribution in [2.24, 2.45) is 5.41 Å². The van der Waals surface area contributed by atoms with Crippen LogP contribution in [0.2, 0.25) is 0 Å². The van der Waals surface area contributed by atoms with E-state index in [-0.39, 0.29) is 23.4 Å². The summed E-state index contributed by atoms with van der Waals surface area (Å²) in [4.78, 5) is 12.6. The van der Waals surface area contributed by atoms with Crippen molar-refractivity contribution < 1.29 is 9.18 Å². The van der Waals surface area contributed by atoms with Gasteiger partial charge < -0.3 is 5.32 Å². The Bertz CT molecular complexity index is 469. The summed E-state index contributed by atoms with van der Waals surface area (Å²) in [6.07, 6.45) is 2.92. The van der Waals surface area contributed by atoms with E-state index in [0.29, 0.717) is 5.56 Å². The Hall–Kier alpha value is -0.740. The number of hydrogen-bond donors (Lipinski definition) is 1. The molecule has 1 aromatic carbocycles. The second-order valence-corrected chi connectivity index (χ2v) is 6.21. The number of ketones is 1. The molecule has 0 bridgehead atoms. The molecule has 1 saturated heterocycles. The van der Waals surface area contributed by atoms with E-state index in [2.05, 4.69) is 28.2 Å². The lowest BCUT2D eigenvalue weighted by atomic mass is 9.76. The van der Waals surface area contributed by atoms with Gasteiger partial charge in [-0.15, -0.1) is 0 Å². The van der Waals surface area contributed by atoms with Crippen LogP contribution >= 0.6 is 15.9 Å². The third-order valence-corrected chi connectivity index (χ3v) is 4.42. The van der Waals surface area contributed by atoms with Crippen LogP contribution in [0.4, 0.5) is 4.39 Å². The first-order chi connectivity index (χ1) is 9.07. The Morgan fingerprint density at radius 1 is 1.53 bits per heavy atom. The van der Waals surface area contributed by atoms with Gasteiger partial charge in [0, 0.05) is 22.9 Å². The predicted octanol–water partition coefficient (Wildman–Crippen LogP) is 3.48. The second kappa shape index (κ2) is 6.14. The molecule has 1 aliphatic rings. The fourth-order valence-electron chi connectivity index (χ4n) is 2.85. The van der Waals surface area contributed by atoms with Crippen LogP contribution in [0.1, 0.15) is 31.7 Å². The van der Waals surface area contributed by atoms with Crippen LogP contribution in [-0.4, -0.2) is 18.9 Å². The second-order valence-electron chi connectivity index (χ2n) is 5.29. The monoisotopic (exact) mass is 327 g/mol. The Morgan fingerprint density at radius 3 is 2.95 bits per heavy atom. The Balaban J connectivity index is 2.17.